The second-order valence-electron chi connectivity index (χ2n) is 8.22. The molecular formula is C23H28NO4+. The summed E-state index contributed by atoms with van der Waals surface area (Å²) in [4.78, 5) is 0. The quantitative estimate of drug-likeness (QED) is 0.824. The fourth-order valence-electron chi connectivity index (χ4n) is 4.85. The molecule has 2 aromatic carbocycles. The number of nitrogens with zero attached hydrogens (tertiary/aromatic N) is 1. The highest BCUT2D eigenvalue weighted by Crippen LogP contribution is 2.48. The first-order valence-electron chi connectivity index (χ1n) is 9.61. The van der Waals surface area contributed by atoms with Gasteiger partial charge in [0.05, 0.1) is 38.7 Å². The summed E-state index contributed by atoms with van der Waals surface area (Å²) < 4.78 is 18.5. The van der Waals surface area contributed by atoms with Gasteiger partial charge in [0.25, 0.3) is 5.72 Å². The zero-order chi connectivity index (χ0) is 20.1. The Labute approximate surface area is 166 Å². The summed E-state index contributed by atoms with van der Waals surface area (Å²) in [5.74, 6) is 2.25. The highest BCUT2D eigenvalue weighted by atomic mass is 16.5. The van der Waals surface area contributed by atoms with Crippen LogP contribution >= 0.6 is 0 Å². The van der Waals surface area contributed by atoms with Crippen LogP contribution in [0, 0.1) is 5.41 Å². The van der Waals surface area contributed by atoms with Gasteiger partial charge in [-0.1, -0.05) is 0 Å². The average Bonchev–Trinajstić information content (AvgIpc) is 2.93. The van der Waals surface area contributed by atoms with Gasteiger partial charge in [-0.2, -0.15) is 4.58 Å². The molecule has 2 aliphatic rings. The molecule has 0 spiro atoms. The molecule has 28 heavy (non-hydrogen) atoms. The van der Waals surface area contributed by atoms with Crippen LogP contribution < -0.4 is 14.2 Å². The van der Waals surface area contributed by atoms with E-state index in [4.69, 9.17) is 14.2 Å². The highest BCUT2D eigenvalue weighted by Gasteiger charge is 2.59. The molecule has 2 aromatic rings. The predicted octanol–water partition coefficient (Wildman–Crippen LogP) is 3.35. The molecule has 0 saturated carbocycles. The largest absolute Gasteiger partial charge is 0.497 e. The zero-order valence-electron chi connectivity index (χ0n) is 17.2. The van der Waals surface area contributed by atoms with Crippen LogP contribution in [0.4, 0.5) is 0 Å². The van der Waals surface area contributed by atoms with Gasteiger partial charge in [-0.25, -0.2) is 0 Å². The maximum absolute atomic E-state index is 11.8. The molecule has 148 valence electrons. The zero-order valence-corrected chi connectivity index (χ0v) is 17.2. The molecular weight excluding hydrogens is 354 g/mol. The van der Waals surface area contributed by atoms with Crippen molar-refractivity contribution < 1.29 is 23.9 Å². The fourth-order valence-corrected chi connectivity index (χ4v) is 4.85. The van der Waals surface area contributed by atoms with Crippen molar-refractivity contribution in [1.29, 1.82) is 0 Å². The van der Waals surface area contributed by atoms with Crippen LogP contribution in [0.15, 0.2) is 36.4 Å². The third-order valence-electron chi connectivity index (χ3n) is 6.07. The van der Waals surface area contributed by atoms with E-state index in [1.54, 1.807) is 21.3 Å². The lowest BCUT2D eigenvalue weighted by Crippen LogP contribution is -2.40. The van der Waals surface area contributed by atoms with Gasteiger partial charge >= 0.3 is 0 Å². The number of ether oxygens (including phenoxy) is 3. The molecule has 2 aliphatic heterocycles. The number of rotatable bonds is 4. The van der Waals surface area contributed by atoms with Crippen molar-refractivity contribution in [3.05, 3.63) is 53.1 Å². The molecule has 0 aromatic heterocycles. The molecule has 1 N–H and O–H groups in total. The van der Waals surface area contributed by atoms with E-state index in [9.17, 15) is 5.11 Å². The molecule has 0 amide bonds. The van der Waals surface area contributed by atoms with Gasteiger partial charge < -0.3 is 19.3 Å². The molecule has 0 fully saturated rings. The van der Waals surface area contributed by atoms with Crippen molar-refractivity contribution in [1.82, 2.24) is 0 Å². The molecule has 5 nitrogen and oxygen atoms in total. The summed E-state index contributed by atoms with van der Waals surface area (Å²) >= 11 is 0. The average molecular weight is 382 g/mol. The first-order valence-corrected chi connectivity index (χ1v) is 9.61. The Balaban J connectivity index is 1.89. The van der Waals surface area contributed by atoms with E-state index in [1.165, 1.54) is 5.56 Å². The van der Waals surface area contributed by atoms with E-state index < -0.39 is 5.72 Å². The van der Waals surface area contributed by atoms with Crippen LogP contribution in [-0.2, 0) is 12.1 Å². The van der Waals surface area contributed by atoms with Crippen LogP contribution in [0.1, 0.15) is 37.0 Å². The van der Waals surface area contributed by atoms with Crippen LogP contribution in [-0.4, -0.2) is 43.3 Å². The monoisotopic (exact) mass is 382 g/mol. The molecule has 0 aliphatic carbocycles. The number of aliphatic hydroxyl groups is 1. The number of hydrogen-bond acceptors (Lipinski definition) is 4. The fraction of sp³-hybridized carbons (Fsp3) is 0.435. The van der Waals surface area contributed by atoms with Gasteiger partial charge in [-0.15, -0.1) is 0 Å². The van der Waals surface area contributed by atoms with Crippen LogP contribution in [0.5, 0.6) is 17.2 Å². The van der Waals surface area contributed by atoms with E-state index in [0.29, 0.717) is 12.2 Å². The lowest BCUT2D eigenvalue weighted by atomic mass is 9.78. The highest BCUT2D eigenvalue weighted by molar-refractivity contribution is 6.04. The molecule has 0 saturated heterocycles. The summed E-state index contributed by atoms with van der Waals surface area (Å²) in [5, 5.41) is 11.8. The lowest BCUT2D eigenvalue weighted by molar-refractivity contribution is -0.662. The Morgan fingerprint density at radius 1 is 0.929 bits per heavy atom. The first-order chi connectivity index (χ1) is 13.3. The van der Waals surface area contributed by atoms with Gasteiger partial charge in [0.1, 0.15) is 5.75 Å². The maximum atomic E-state index is 11.8. The van der Waals surface area contributed by atoms with Crippen molar-refractivity contribution in [2.24, 2.45) is 5.41 Å². The maximum Gasteiger partial charge on any atom is 0.293 e. The summed E-state index contributed by atoms with van der Waals surface area (Å²) in [5.41, 5.74) is 3.18. The van der Waals surface area contributed by atoms with Crippen LogP contribution in [0.3, 0.4) is 0 Å². The Hall–Kier alpha value is -2.53. The minimum atomic E-state index is -1.05. The Kier molecular flexibility index (Phi) is 4.38. The van der Waals surface area contributed by atoms with Gasteiger partial charge in [0, 0.05) is 12.0 Å². The summed E-state index contributed by atoms with van der Waals surface area (Å²) in [6.45, 7) is 5.15. The Bertz CT molecular complexity index is 946. The van der Waals surface area contributed by atoms with E-state index in [2.05, 4.69) is 30.6 Å². The smallest absolute Gasteiger partial charge is 0.293 e. The topological polar surface area (TPSA) is 50.9 Å². The van der Waals surface area contributed by atoms with E-state index in [0.717, 1.165) is 41.3 Å². The summed E-state index contributed by atoms with van der Waals surface area (Å²) in [6, 6.07) is 11.9. The van der Waals surface area contributed by atoms with Crippen molar-refractivity contribution in [2.45, 2.75) is 32.4 Å². The van der Waals surface area contributed by atoms with Gasteiger partial charge in [-0.3, -0.25) is 0 Å². The number of hydrogen-bond donors (Lipinski definition) is 1. The van der Waals surface area contributed by atoms with Crippen LogP contribution in [0.2, 0.25) is 0 Å². The molecule has 1 unspecified atom stereocenters. The molecule has 5 heteroatoms. The molecule has 2 heterocycles. The number of fused-ring (bicyclic) bond motifs is 2. The second-order valence-corrected chi connectivity index (χ2v) is 8.22. The van der Waals surface area contributed by atoms with Crippen LogP contribution in [0.25, 0.3) is 0 Å². The Morgan fingerprint density at radius 2 is 1.57 bits per heavy atom. The summed E-state index contributed by atoms with van der Waals surface area (Å²) in [7, 11) is 4.97. The van der Waals surface area contributed by atoms with Gasteiger partial charge in [0.15, 0.2) is 23.8 Å². The van der Waals surface area contributed by atoms with Gasteiger partial charge in [0.2, 0.25) is 0 Å². The lowest BCUT2D eigenvalue weighted by Gasteiger charge is -2.25. The van der Waals surface area contributed by atoms with E-state index >= 15 is 0 Å². The third kappa shape index (κ3) is 2.68. The summed E-state index contributed by atoms with van der Waals surface area (Å²) in [6.07, 6.45) is 1.46. The van der Waals surface area contributed by atoms with Gasteiger partial charge in [-0.05, 0) is 55.8 Å². The van der Waals surface area contributed by atoms with E-state index in [1.807, 2.05) is 24.3 Å². The standard InChI is InChI=1S/C23H28NO4/c1-22(2)14-23(25,16-6-8-17(26-3)9-7-16)24-11-10-15-12-19(27-4)20(28-5)13-18(15)21(22)24/h6-9,12-13,25H,10-11,14H2,1-5H3/q+1. The second kappa shape index (κ2) is 6.52. The Morgan fingerprint density at radius 3 is 2.18 bits per heavy atom. The minimum absolute atomic E-state index is 0.191. The molecule has 0 radical (unpaired) electrons. The SMILES string of the molecule is COc1ccc(C2(O)CC(C)(C)C3=[N+]2CCc2cc(OC)c(OC)cc23)cc1. The molecule has 1 atom stereocenters. The van der Waals surface area contributed by atoms with E-state index in [-0.39, 0.29) is 5.41 Å². The predicted molar refractivity (Wildman–Crippen MR) is 108 cm³/mol. The molecule has 0 bridgehead atoms. The number of methoxy groups -OCH3 is 3. The van der Waals surface area contributed by atoms with Crippen molar-refractivity contribution >= 4 is 5.71 Å². The van der Waals surface area contributed by atoms with Crippen molar-refractivity contribution in [2.75, 3.05) is 27.9 Å². The minimum Gasteiger partial charge on any atom is -0.497 e. The first kappa shape index (κ1) is 18.8. The van der Waals surface area contributed by atoms with Crippen molar-refractivity contribution in [3.8, 4) is 17.2 Å². The third-order valence-corrected chi connectivity index (χ3v) is 6.07. The van der Waals surface area contributed by atoms with Crippen molar-refractivity contribution in [3.63, 3.8) is 0 Å². The normalized spacial score (nSPS) is 22.5. The molecule has 4 rings (SSSR count). The number of benzene rings is 2.